The van der Waals surface area contributed by atoms with E-state index >= 15 is 0 Å². The van der Waals surface area contributed by atoms with Crippen LogP contribution in [-0.2, 0) is 0 Å². The summed E-state index contributed by atoms with van der Waals surface area (Å²) in [5.74, 6) is -1.04. The molecule has 0 atom stereocenters. The van der Waals surface area contributed by atoms with Gasteiger partial charge in [0, 0.05) is 0 Å². The molecule has 2 rings (SSSR count). The van der Waals surface area contributed by atoms with Gasteiger partial charge in [-0.05, 0) is 0 Å². The summed E-state index contributed by atoms with van der Waals surface area (Å²) in [5.41, 5.74) is -3.50. The summed E-state index contributed by atoms with van der Waals surface area (Å²) in [7, 11) is 0. The Hall–Kier alpha value is -1.93. The molecule has 0 spiro atoms. The highest BCUT2D eigenvalue weighted by molar-refractivity contribution is 5.68. The molecule has 9 heteroatoms. The van der Waals surface area contributed by atoms with Gasteiger partial charge < -0.3 is 0 Å². The molecule has 14 heavy (non-hydrogen) atoms. The van der Waals surface area contributed by atoms with Gasteiger partial charge in [0.2, 0.25) is 5.82 Å². The Labute approximate surface area is 73.6 Å². The van der Waals surface area contributed by atoms with Crippen LogP contribution in [0.25, 0.3) is 0 Å². The first-order chi connectivity index (χ1) is 6.52. The highest BCUT2D eigenvalue weighted by Gasteiger charge is 2.34. The summed E-state index contributed by atoms with van der Waals surface area (Å²) in [6.07, 6.45) is 0. The lowest BCUT2D eigenvalue weighted by molar-refractivity contribution is 0.320. The summed E-state index contributed by atoms with van der Waals surface area (Å²) in [6.45, 7) is -0.953. The Bertz CT molecular complexity index is 495. The van der Waals surface area contributed by atoms with E-state index in [0.29, 0.717) is 0 Å². The maximum absolute atomic E-state index is 12.9. The number of fused-ring (bicyclic) bond motifs is 1. The van der Waals surface area contributed by atoms with Gasteiger partial charge in [-0.1, -0.05) is 13.4 Å². The third-order valence-electron chi connectivity index (χ3n) is 1.73. The molecular formula is C5H3F3N4O2. The average Bonchev–Trinajstić information content (AvgIpc) is 2.38. The van der Waals surface area contributed by atoms with E-state index in [4.69, 9.17) is 0 Å². The molecule has 0 fully saturated rings. The number of H-pyrrole nitrogens is 1. The van der Waals surface area contributed by atoms with Crippen LogP contribution < -0.4 is 21.5 Å². The van der Waals surface area contributed by atoms with E-state index in [1.165, 1.54) is 4.98 Å². The molecule has 1 aliphatic rings. The fraction of sp³-hybridized carbons (Fsp3) is 0.200. The smallest absolute Gasteiger partial charge is 0.270 e. The molecule has 0 saturated carbocycles. The zero-order valence-corrected chi connectivity index (χ0v) is 6.50. The Morgan fingerprint density at radius 2 is 1.79 bits per heavy atom. The van der Waals surface area contributed by atoms with E-state index in [-0.39, 0.29) is 10.2 Å². The molecular weight excluding hydrogens is 205 g/mol. The van der Waals surface area contributed by atoms with Crippen LogP contribution in [0.4, 0.5) is 24.9 Å². The molecule has 1 aromatic rings. The summed E-state index contributed by atoms with van der Waals surface area (Å²) in [5, 5.41) is -0.685. The molecule has 76 valence electrons. The largest absolute Gasteiger partial charge is 0.358 e. The SMILES string of the molecule is O=c1[nH]c(=O)n(F)c2c1N(F)CN2F. The average molecular weight is 208 g/mol. The van der Waals surface area contributed by atoms with Gasteiger partial charge in [-0.15, -0.1) is 4.79 Å². The van der Waals surface area contributed by atoms with Crippen LogP contribution in [0.1, 0.15) is 0 Å². The van der Waals surface area contributed by atoms with Gasteiger partial charge in [-0.2, -0.15) is 10.2 Å². The predicted octanol–water partition coefficient (Wildman–Crippen LogP) is -0.378. The summed E-state index contributed by atoms with van der Waals surface area (Å²) in [4.78, 5) is 22.4. The van der Waals surface area contributed by atoms with Crippen LogP contribution in [0.3, 0.4) is 0 Å². The molecule has 0 saturated heterocycles. The molecule has 2 heterocycles. The van der Waals surface area contributed by atoms with Crippen molar-refractivity contribution in [3.63, 3.8) is 0 Å². The Kier molecular flexibility index (Phi) is 1.56. The zero-order chi connectivity index (χ0) is 10.5. The first-order valence-electron chi connectivity index (χ1n) is 3.44. The van der Waals surface area contributed by atoms with Crippen molar-refractivity contribution in [3.8, 4) is 0 Å². The van der Waals surface area contributed by atoms with Crippen molar-refractivity contribution in [2.45, 2.75) is 0 Å². The van der Waals surface area contributed by atoms with Crippen molar-refractivity contribution in [2.24, 2.45) is 0 Å². The Morgan fingerprint density at radius 3 is 2.43 bits per heavy atom. The molecule has 1 aromatic heterocycles. The van der Waals surface area contributed by atoms with Crippen LogP contribution in [0.5, 0.6) is 0 Å². The number of aromatic amines is 1. The van der Waals surface area contributed by atoms with Crippen molar-refractivity contribution in [3.05, 3.63) is 20.8 Å². The first-order valence-corrected chi connectivity index (χ1v) is 3.44. The van der Waals surface area contributed by atoms with Gasteiger partial charge in [0.05, 0.1) is 0 Å². The third kappa shape index (κ3) is 0.916. The van der Waals surface area contributed by atoms with Gasteiger partial charge >= 0.3 is 5.69 Å². The number of hydrogen-bond acceptors (Lipinski definition) is 4. The summed E-state index contributed by atoms with van der Waals surface area (Å²) < 4.78 is 38.4. The minimum atomic E-state index is -1.45. The van der Waals surface area contributed by atoms with E-state index in [0.717, 1.165) is 0 Å². The highest BCUT2D eigenvalue weighted by Crippen LogP contribution is 2.31. The maximum atomic E-state index is 12.9. The lowest BCUT2D eigenvalue weighted by atomic mass is 10.5. The lowest BCUT2D eigenvalue weighted by Gasteiger charge is -2.03. The van der Waals surface area contributed by atoms with Crippen molar-refractivity contribution >= 4 is 11.5 Å². The first kappa shape index (κ1) is 8.66. The predicted molar refractivity (Wildman–Crippen MR) is 39.9 cm³/mol. The van der Waals surface area contributed by atoms with Crippen LogP contribution in [0.2, 0.25) is 0 Å². The van der Waals surface area contributed by atoms with Crippen molar-refractivity contribution in [1.82, 2.24) is 9.77 Å². The van der Waals surface area contributed by atoms with E-state index < -0.39 is 34.2 Å². The quantitative estimate of drug-likeness (QED) is 0.590. The number of halogens is 3. The van der Waals surface area contributed by atoms with E-state index in [1.54, 1.807) is 0 Å². The molecule has 0 unspecified atom stereocenters. The topological polar surface area (TPSA) is 61.3 Å². The third-order valence-corrected chi connectivity index (χ3v) is 1.73. The Balaban J connectivity index is 2.86. The molecule has 6 nitrogen and oxygen atoms in total. The van der Waals surface area contributed by atoms with Crippen molar-refractivity contribution < 1.29 is 13.4 Å². The van der Waals surface area contributed by atoms with Crippen LogP contribution in [0, 0.1) is 0 Å². The number of nitrogens with zero attached hydrogens (tertiary/aromatic N) is 3. The fourth-order valence-corrected chi connectivity index (χ4v) is 1.17. The molecule has 0 amide bonds. The van der Waals surface area contributed by atoms with Gasteiger partial charge in [0.25, 0.3) is 5.56 Å². The highest BCUT2D eigenvalue weighted by atomic mass is 19.2. The summed E-state index contributed by atoms with van der Waals surface area (Å²) >= 11 is 0. The number of nitrogens with one attached hydrogen (secondary N) is 1. The molecule has 1 aliphatic heterocycles. The van der Waals surface area contributed by atoms with E-state index in [1.807, 2.05) is 0 Å². The minimum absolute atomic E-state index is 0.302. The van der Waals surface area contributed by atoms with Gasteiger partial charge in [-0.25, -0.2) is 4.79 Å². The maximum Gasteiger partial charge on any atom is 0.358 e. The molecule has 0 aliphatic carbocycles. The van der Waals surface area contributed by atoms with Crippen LogP contribution in [-0.4, -0.2) is 16.4 Å². The number of anilines is 2. The second kappa shape index (κ2) is 2.53. The van der Waals surface area contributed by atoms with Crippen LogP contribution >= 0.6 is 0 Å². The summed E-state index contributed by atoms with van der Waals surface area (Å²) in [6, 6.07) is 0. The van der Waals surface area contributed by atoms with Gasteiger partial charge in [-0.3, -0.25) is 9.78 Å². The van der Waals surface area contributed by atoms with E-state index in [9.17, 15) is 23.0 Å². The lowest BCUT2D eigenvalue weighted by Crippen LogP contribution is -2.28. The number of aromatic nitrogens is 2. The Morgan fingerprint density at radius 1 is 1.14 bits per heavy atom. The second-order valence-corrected chi connectivity index (χ2v) is 2.58. The van der Waals surface area contributed by atoms with Crippen molar-refractivity contribution in [1.29, 1.82) is 0 Å². The van der Waals surface area contributed by atoms with Gasteiger partial charge in [0.1, 0.15) is 0 Å². The second-order valence-electron chi connectivity index (χ2n) is 2.58. The van der Waals surface area contributed by atoms with Crippen LogP contribution in [0.15, 0.2) is 9.59 Å². The standard InChI is InChI=1S/C5H3F3N4O2/c6-10-1-11(7)4-2(10)3(13)9-5(14)12(4)8/h1H2,(H,9,13,14). The normalized spacial score (nSPS) is 14.8. The molecule has 0 aromatic carbocycles. The number of rotatable bonds is 0. The van der Waals surface area contributed by atoms with Gasteiger partial charge in [0.15, 0.2) is 12.4 Å². The minimum Gasteiger partial charge on any atom is -0.270 e. The monoisotopic (exact) mass is 208 g/mol. The van der Waals surface area contributed by atoms with Crippen molar-refractivity contribution in [2.75, 3.05) is 16.9 Å². The zero-order valence-electron chi connectivity index (χ0n) is 6.50. The number of hydrogen-bond donors (Lipinski definition) is 1. The van der Waals surface area contributed by atoms with E-state index in [2.05, 4.69) is 0 Å². The fourth-order valence-electron chi connectivity index (χ4n) is 1.17. The molecule has 1 N–H and O–H groups in total. The molecule has 0 radical (unpaired) electrons. The molecule has 0 bridgehead atoms.